The first kappa shape index (κ1) is 21.1. The molecule has 1 saturated heterocycles. The third-order valence-corrected chi connectivity index (χ3v) is 5.98. The van der Waals surface area contributed by atoms with E-state index < -0.39 is 0 Å². The molecule has 0 radical (unpaired) electrons. The fraction of sp³-hybridized carbons (Fsp3) is 0.360. The van der Waals surface area contributed by atoms with E-state index in [0.717, 1.165) is 41.9 Å². The Morgan fingerprint density at radius 2 is 1.94 bits per heavy atom. The van der Waals surface area contributed by atoms with E-state index in [9.17, 15) is 9.18 Å². The molecule has 1 amide bonds. The number of carbonyl (C=O) groups excluding carboxylic acids is 1. The number of halogens is 1. The average Bonchev–Trinajstić information content (AvgIpc) is 3.03. The molecule has 162 valence electrons. The van der Waals surface area contributed by atoms with Crippen LogP contribution < -0.4 is 10.2 Å². The van der Waals surface area contributed by atoms with E-state index in [-0.39, 0.29) is 17.8 Å². The first-order chi connectivity index (χ1) is 14.9. The standard InChI is InChI=1S/C25H29FN4O/c1-17-11-12-22(26)23(14-17)29-13-7-10-21(16-29)27-25(31)24-18(2)28-30(19(24)3)15-20-8-5-4-6-9-20/h4-6,8-9,11-12,14,21H,7,10,13,15-16H2,1-3H3,(H,27,31). The van der Waals surface area contributed by atoms with E-state index in [1.165, 1.54) is 6.07 Å². The quantitative estimate of drug-likeness (QED) is 0.666. The monoisotopic (exact) mass is 420 g/mol. The highest BCUT2D eigenvalue weighted by atomic mass is 19.1. The lowest BCUT2D eigenvalue weighted by Crippen LogP contribution is -2.48. The summed E-state index contributed by atoms with van der Waals surface area (Å²) in [6.07, 6.45) is 1.79. The van der Waals surface area contributed by atoms with Crippen molar-refractivity contribution in [2.45, 2.75) is 46.2 Å². The second kappa shape index (κ2) is 8.92. The minimum absolute atomic E-state index is 0.0302. The maximum atomic E-state index is 14.4. The van der Waals surface area contributed by atoms with E-state index in [4.69, 9.17) is 0 Å². The number of benzene rings is 2. The average molecular weight is 421 g/mol. The summed E-state index contributed by atoms with van der Waals surface area (Å²) in [5, 5.41) is 7.77. The molecule has 5 nitrogen and oxygen atoms in total. The normalized spacial score (nSPS) is 16.4. The molecule has 2 aromatic carbocycles. The summed E-state index contributed by atoms with van der Waals surface area (Å²) in [6, 6.07) is 15.2. The number of nitrogens with zero attached hydrogens (tertiary/aromatic N) is 3. The van der Waals surface area contributed by atoms with Crippen molar-refractivity contribution >= 4 is 11.6 Å². The minimum Gasteiger partial charge on any atom is -0.367 e. The van der Waals surface area contributed by atoms with Gasteiger partial charge < -0.3 is 10.2 Å². The molecule has 3 aromatic rings. The van der Waals surface area contributed by atoms with Crippen molar-refractivity contribution in [3.8, 4) is 0 Å². The predicted octanol–water partition coefficient (Wildman–Crippen LogP) is 4.39. The fourth-order valence-corrected chi connectivity index (χ4v) is 4.37. The van der Waals surface area contributed by atoms with Crippen LogP contribution in [0.25, 0.3) is 0 Å². The van der Waals surface area contributed by atoms with Crippen molar-refractivity contribution < 1.29 is 9.18 Å². The first-order valence-electron chi connectivity index (χ1n) is 10.8. The Morgan fingerprint density at radius 1 is 1.16 bits per heavy atom. The van der Waals surface area contributed by atoms with E-state index in [0.29, 0.717) is 24.3 Å². The van der Waals surface area contributed by atoms with Gasteiger partial charge in [-0.2, -0.15) is 5.10 Å². The molecule has 1 unspecified atom stereocenters. The van der Waals surface area contributed by atoms with Gasteiger partial charge in [-0.15, -0.1) is 0 Å². The number of aromatic nitrogens is 2. The highest BCUT2D eigenvalue weighted by Gasteiger charge is 2.26. The smallest absolute Gasteiger partial charge is 0.255 e. The lowest BCUT2D eigenvalue weighted by atomic mass is 10.0. The van der Waals surface area contributed by atoms with Crippen LogP contribution in [-0.4, -0.2) is 34.8 Å². The molecule has 0 bridgehead atoms. The Labute approximate surface area is 182 Å². The van der Waals surface area contributed by atoms with Gasteiger partial charge in [-0.3, -0.25) is 9.48 Å². The molecule has 1 aromatic heterocycles. The van der Waals surface area contributed by atoms with Crippen molar-refractivity contribution in [2.24, 2.45) is 0 Å². The van der Waals surface area contributed by atoms with Crippen LogP contribution >= 0.6 is 0 Å². The maximum Gasteiger partial charge on any atom is 0.255 e. The first-order valence-corrected chi connectivity index (χ1v) is 10.8. The maximum absolute atomic E-state index is 14.4. The number of aryl methyl sites for hydroxylation is 2. The van der Waals surface area contributed by atoms with E-state index >= 15 is 0 Å². The summed E-state index contributed by atoms with van der Waals surface area (Å²) in [5.41, 5.74) is 5.00. The molecule has 0 aliphatic carbocycles. The second-order valence-corrected chi connectivity index (χ2v) is 8.40. The third-order valence-electron chi connectivity index (χ3n) is 5.98. The predicted molar refractivity (Wildman–Crippen MR) is 121 cm³/mol. The molecule has 0 saturated carbocycles. The summed E-state index contributed by atoms with van der Waals surface area (Å²) in [7, 11) is 0. The molecule has 1 atom stereocenters. The zero-order valence-corrected chi connectivity index (χ0v) is 18.4. The number of carbonyl (C=O) groups is 1. The number of rotatable bonds is 5. The van der Waals surface area contributed by atoms with Crippen LogP contribution in [0.4, 0.5) is 10.1 Å². The Kier molecular flexibility index (Phi) is 6.07. The fourth-order valence-electron chi connectivity index (χ4n) is 4.37. The summed E-state index contributed by atoms with van der Waals surface area (Å²) >= 11 is 0. The van der Waals surface area contributed by atoms with E-state index in [2.05, 4.69) is 22.5 Å². The third kappa shape index (κ3) is 4.63. The van der Waals surface area contributed by atoms with Gasteiger partial charge >= 0.3 is 0 Å². The molecule has 4 rings (SSSR count). The van der Waals surface area contributed by atoms with Crippen LogP contribution in [0.5, 0.6) is 0 Å². The summed E-state index contributed by atoms with van der Waals surface area (Å²) < 4.78 is 16.2. The van der Waals surface area contributed by atoms with Gasteiger partial charge in [0.1, 0.15) is 5.82 Å². The minimum atomic E-state index is -0.216. The van der Waals surface area contributed by atoms with Gasteiger partial charge in [0.05, 0.1) is 23.5 Å². The number of nitrogens with one attached hydrogen (secondary N) is 1. The molecular formula is C25H29FN4O. The van der Waals surface area contributed by atoms with Gasteiger partial charge in [0, 0.05) is 24.8 Å². The topological polar surface area (TPSA) is 50.2 Å². The summed E-state index contributed by atoms with van der Waals surface area (Å²) in [6.45, 7) is 7.80. The molecule has 6 heteroatoms. The molecule has 1 aliphatic rings. The molecule has 1 aliphatic heterocycles. The van der Waals surface area contributed by atoms with Gasteiger partial charge in [-0.25, -0.2) is 4.39 Å². The van der Waals surface area contributed by atoms with Crippen LogP contribution in [0, 0.1) is 26.6 Å². The highest BCUT2D eigenvalue weighted by Crippen LogP contribution is 2.25. The van der Waals surface area contributed by atoms with Crippen LogP contribution in [0.15, 0.2) is 48.5 Å². The van der Waals surface area contributed by atoms with Crippen LogP contribution in [0.3, 0.4) is 0 Å². The van der Waals surface area contributed by atoms with Gasteiger partial charge in [0.25, 0.3) is 5.91 Å². The largest absolute Gasteiger partial charge is 0.367 e. The number of anilines is 1. The van der Waals surface area contributed by atoms with Crippen molar-refractivity contribution in [3.05, 3.63) is 82.4 Å². The van der Waals surface area contributed by atoms with Crippen LogP contribution in [0.2, 0.25) is 0 Å². The van der Waals surface area contributed by atoms with Crippen molar-refractivity contribution in [1.82, 2.24) is 15.1 Å². The number of amides is 1. The second-order valence-electron chi connectivity index (χ2n) is 8.40. The zero-order valence-electron chi connectivity index (χ0n) is 18.4. The van der Waals surface area contributed by atoms with Crippen molar-refractivity contribution in [3.63, 3.8) is 0 Å². The van der Waals surface area contributed by atoms with Gasteiger partial charge in [0.15, 0.2) is 0 Å². The van der Waals surface area contributed by atoms with Crippen molar-refractivity contribution in [1.29, 1.82) is 0 Å². The molecule has 2 heterocycles. The summed E-state index contributed by atoms with van der Waals surface area (Å²) in [4.78, 5) is 15.2. The van der Waals surface area contributed by atoms with Gasteiger partial charge in [-0.1, -0.05) is 36.4 Å². The number of hydrogen-bond acceptors (Lipinski definition) is 3. The van der Waals surface area contributed by atoms with E-state index in [1.807, 2.05) is 54.6 Å². The van der Waals surface area contributed by atoms with Gasteiger partial charge in [0.2, 0.25) is 0 Å². The SMILES string of the molecule is Cc1ccc(F)c(N2CCCC(NC(=O)c3c(C)nn(Cc4ccccc4)c3C)C2)c1. The lowest BCUT2D eigenvalue weighted by molar-refractivity contribution is 0.0932. The molecule has 1 N–H and O–H groups in total. The van der Waals surface area contributed by atoms with E-state index in [1.54, 1.807) is 6.07 Å². The number of piperidine rings is 1. The molecule has 1 fully saturated rings. The summed E-state index contributed by atoms with van der Waals surface area (Å²) in [5.74, 6) is -0.322. The Hall–Kier alpha value is -3.15. The number of hydrogen-bond donors (Lipinski definition) is 1. The van der Waals surface area contributed by atoms with Gasteiger partial charge in [-0.05, 0) is 56.9 Å². The molecule has 31 heavy (non-hydrogen) atoms. The lowest BCUT2D eigenvalue weighted by Gasteiger charge is -2.35. The Balaban J connectivity index is 1.47. The Morgan fingerprint density at radius 3 is 2.71 bits per heavy atom. The van der Waals surface area contributed by atoms with Crippen molar-refractivity contribution in [2.75, 3.05) is 18.0 Å². The highest BCUT2D eigenvalue weighted by molar-refractivity contribution is 5.96. The molecule has 0 spiro atoms. The van der Waals surface area contributed by atoms with Crippen LogP contribution in [-0.2, 0) is 6.54 Å². The van der Waals surface area contributed by atoms with Crippen LogP contribution in [0.1, 0.15) is 45.7 Å². The Bertz CT molecular complexity index is 1080. The zero-order chi connectivity index (χ0) is 22.0. The molecular weight excluding hydrogens is 391 g/mol.